The van der Waals surface area contributed by atoms with Gasteiger partial charge in [0, 0.05) is 26.4 Å². The minimum Gasteiger partial charge on any atom is -0.381 e. The molecule has 3 heterocycles. The Balaban J connectivity index is 0.00000176. The topological polar surface area (TPSA) is 78.3 Å². The number of fused-ring (bicyclic) bond motifs is 1. The van der Waals surface area contributed by atoms with E-state index in [1.54, 1.807) is 16.1 Å². The fourth-order valence-electron chi connectivity index (χ4n) is 3.53. The van der Waals surface area contributed by atoms with Crippen molar-refractivity contribution in [1.82, 2.24) is 14.5 Å². The highest BCUT2D eigenvalue weighted by atomic mass is 32.1. The van der Waals surface area contributed by atoms with Gasteiger partial charge in [-0.25, -0.2) is 9.97 Å². The van der Waals surface area contributed by atoms with Crippen LogP contribution in [0.15, 0.2) is 35.0 Å². The van der Waals surface area contributed by atoms with Gasteiger partial charge in [0.05, 0.1) is 18.8 Å². The van der Waals surface area contributed by atoms with Gasteiger partial charge in [-0.05, 0) is 61.3 Å². The lowest BCUT2D eigenvalue weighted by atomic mass is 9.97. The second kappa shape index (κ2) is 14.1. The monoisotopic (exact) mass is 460 g/mol. The minimum absolute atomic E-state index is 0.186. The molecule has 1 aliphatic heterocycles. The van der Waals surface area contributed by atoms with Crippen LogP contribution in [-0.2, 0) is 16.0 Å². The van der Waals surface area contributed by atoms with Gasteiger partial charge < -0.3 is 14.8 Å². The quantitative estimate of drug-likeness (QED) is 0.308. The maximum absolute atomic E-state index is 13.1. The molecule has 3 rings (SSSR count). The summed E-state index contributed by atoms with van der Waals surface area (Å²) in [4.78, 5) is 22.3. The molecule has 0 aliphatic carbocycles. The summed E-state index contributed by atoms with van der Waals surface area (Å²) in [6.45, 7) is 13.7. The van der Waals surface area contributed by atoms with E-state index in [0.717, 1.165) is 38.0 Å². The van der Waals surface area contributed by atoms with Crippen LogP contribution in [0.4, 0.5) is 5.82 Å². The highest BCUT2D eigenvalue weighted by Crippen LogP contribution is 2.19. The third-order valence-electron chi connectivity index (χ3n) is 5.24. The number of thiol groups is 1. The van der Waals surface area contributed by atoms with E-state index in [1.807, 2.05) is 32.9 Å². The Bertz CT molecular complexity index is 952. The molecule has 0 unspecified atom stereocenters. The predicted molar refractivity (Wildman–Crippen MR) is 135 cm³/mol. The van der Waals surface area contributed by atoms with Crippen molar-refractivity contribution in [3.8, 4) is 0 Å². The summed E-state index contributed by atoms with van der Waals surface area (Å²) < 4.78 is 12.5. The molecule has 2 aromatic rings. The highest BCUT2D eigenvalue weighted by Gasteiger charge is 2.16. The van der Waals surface area contributed by atoms with Crippen LogP contribution in [0, 0.1) is 5.92 Å². The Kier molecular flexibility index (Phi) is 11.5. The number of aromatic nitrogens is 3. The first kappa shape index (κ1) is 26.1. The van der Waals surface area contributed by atoms with Crippen LogP contribution in [0.1, 0.15) is 45.7 Å². The van der Waals surface area contributed by atoms with E-state index in [1.165, 1.54) is 0 Å². The number of hydrogen-bond acceptors (Lipinski definition) is 7. The molecule has 1 fully saturated rings. The van der Waals surface area contributed by atoms with Crippen molar-refractivity contribution in [2.45, 2.75) is 46.6 Å². The molecule has 0 spiro atoms. The molecule has 7 nitrogen and oxygen atoms in total. The molecular formula is C24H36N4O3S. The molecule has 1 N–H and O–H groups in total. The predicted octanol–water partition coefficient (Wildman–Crippen LogP) is 4.54. The fraction of sp³-hybridized carbons (Fsp3) is 0.542. The first-order chi connectivity index (χ1) is 15.6. The van der Waals surface area contributed by atoms with Crippen molar-refractivity contribution in [3.63, 3.8) is 0 Å². The molecule has 32 heavy (non-hydrogen) atoms. The van der Waals surface area contributed by atoms with Crippen molar-refractivity contribution in [1.29, 1.82) is 0 Å². The van der Waals surface area contributed by atoms with Gasteiger partial charge in [0.15, 0.2) is 11.5 Å². The number of allylic oxidation sites excluding steroid dienone is 2. The summed E-state index contributed by atoms with van der Waals surface area (Å²) in [7, 11) is 0. The van der Waals surface area contributed by atoms with Crippen LogP contribution in [0.25, 0.3) is 16.7 Å². The largest absolute Gasteiger partial charge is 0.381 e. The first-order valence-electron chi connectivity index (χ1n) is 11.4. The molecule has 0 bridgehead atoms. The average molecular weight is 461 g/mol. The maximum Gasteiger partial charge on any atom is 0.295 e. The van der Waals surface area contributed by atoms with Crippen LogP contribution in [-0.4, -0.2) is 47.5 Å². The Hall–Kier alpha value is -2.16. The summed E-state index contributed by atoms with van der Waals surface area (Å²) in [6, 6.07) is 3.73. The van der Waals surface area contributed by atoms with E-state index in [2.05, 4.69) is 34.5 Å². The zero-order chi connectivity index (χ0) is 23.3. The highest BCUT2D eigenvalue weighted by molar-refractivity contribution is 7.83. The van der Waals surface area contributed by atoms with Crippen LogP contribution in [0.3, 0.4) is 0 Å². The van der Waals surface area contributed by atoms with Crippen molar-refractivity contribution in [3.05, 3.63) is 46.2 Å². The lowest BCUT2D eigenvalue weighted by Crippen LogP contribution is -2.28. The normalized spacial score (nSPS) is 14.4. The number of hydrogen-bond donors (Lipinski definition) is 2. The van der Waals surface area contributed by atoms with Crippen LogP contribution in [0.5, 0.6) is 0 Å². The summed E-state index contributed by atoms with van der Waals surface area (Å²) in [5, 5.41) is 4.86. The first-order valence-corrected chi connectivity index (χ1v) is 12.0. The molecule has 8 heteroatoms. The second-order valence-corrected chi connectivity index (χ2v) is 7.56. The summed E-state index contributed by atoms with van der Waals surface area (Å²) in [6.07, 6.45) is 4.90. The molecule has 176 valence electrons. The average Bonchev–Trinajstić information content (AvgIpc) is 2.83. The van der Waals surface area contributed by atoms with Crippen LogP contribution < -0.4 is 10.9 Å². The number of anilines is 1. The van der Waals surface area contributed by atoms with Crippen LogP contribution in [0.2, 0.25) is 0 Å². The van der Waals surface area contributed by atoms with Gasteiger partial charge in [0.1, 0.15) is 5.52 Å². The Morgan fingerprint density at radius 3 is 2.78 bits per heavy atom. The number of rotatable bonds is 10. The number of ether oxygens (including phenoxy) is 2. The number of nitrogens with one attached hydrogen (secondary N) is 1. The van der Waals surface area contributed by atoms with Gasteiger partial charge in [-0.15, -0.1) is 0 Å². The lowest BCUT2D eigenvalue weighted by Gasteiger charge is -2.22. The number of nitrogens with zero attached hydrogens (tertiary/aromatic N) is 3. The van der Waals surface area contributed by atoms with Crippen molar-refractivity contribution < 1.29 is 9.47 Å². The fourth-order valence-corrected chi connectivity index (χ4v) is 3.71. The van der Waals surface area contributed by atoms with Gasteiger partial charge in [-0.2, -0.15) is 12.6 Å². The van der Waals surface area contributed by atoms with Gasteiger partial charge >= 0.3 is 0 Å². The van der Waals surface area contributed by atoms with E-state index in [0.29, 0.717) is 54.9 Å². The summed E-state index contributed by atoms with van der Waals surface area (Å²) >= 11 is 4.09. The van der Waals surface area contributed by atoms with E-state index in [4.69, 9.17) is 9.47 Å². The zero-order valence-corrected chi connectivity index (χ0v) is 20.4. The van der Waals surface area contributed by atoms with E-state index in [9.17, 15) is 4.79 Å². The maximum atomic E-state index is 13.1. The second-order valence-electron chi connectivity index (χ2n) is 7.27. The molecule has 0 aromatic carbocycles. The lowest BCUT2D eigenvalue weighted by molar-refractivity contribution is 0.0649. The van der Waals surface area contributed by atoms with Gasteiger partial charge in [-0.1, -0.05) is 20.4 Å². The summed E-state index contributed by atoms with van der Waals surface area (Å²) in [5.74, 6) is 0.983. The third kappa shape index (κ3) is 7.18. The van der Waals surface area contributed by atoms with Crippen LogP contribution >= 0.6 is 12.6 Å². The SMILES string of the molecule is C=C(/C=C\S)c1ccc2nc(NCCC3CCOCC3)c(=O)n(CCOCC)c2n1.CC. The summed E-state index contributed by atoms with van der Waals surface area (Å²) in [5.41, 5.74) is 2.40. The van der Waals surface area contributed by atoms with E-state index >= 15 is 0 Å². The molecule has 1 saturated heterocycles. The molecule has 2 aromatic heterocycles. The van der Waals surface area contributed by atoms with Crippen molar-refractivity contribution in [2.24, 2.45) is 5.92 Å². The van der Waals surface area contributed by atoms with E-state index < -0.39 is 0 Å². The standard InChI is InChI=1S/C22H30N4O3S.C2H6/c1-3-28-14-11-26-21-19(5-4-18(25-21)16(2)9-15-30)24-20(22(26)27)23-10-6-17-7-12-29-13-8-17;1-2/h4-5,9,15,17,30H,2-3,6-8,10-14H2,1H3,(H,23,24);1-2H3/b15-9-;. The molecule has 0 radical (unpaired) electrons. The van der Waals surface area contributed by atoms with Crippen molar-refractivity contribution in [2.75, 3.05) is 38.3 Å². The molecule has 0 atom stereocenters. The smallest absolute Gasteiger partial charge is 0.295 e. The number of pyridine rings is 1. The molecule has 0 saturated carbocycles. The Labute approximate surface area is 196 Å². The van der Waals surface area contributed by atoms with Gasteiger partial charge in [-0.3, -0.25) is 9.36 Å². The van der Waals surface area contributed by atoms with Gasteiger partial charge in [0.2, 0.25) is 0 Å². The van der Waals surface area contributed by atoms with E-state index in [-0.39, 0.29) is 5.56 Å². The Morgan fingerprint density at radius 1 is 1.34 bits per heavy atom. The van der Waals surface area contributed by atoms with Crippen molar-refractivity contribution >= 4 is 35.2 Å². The molecular weight excluding hydrogens is 424 g/mol. The Morgan fingerprint density at radius 2 is 2.09 bits per heavy atom. The third-order valence-corrected chi connectivity index (χ3v) is 5.39. The van der Waals surface area contributed by atoms with Gasteiger partial charge in [0.25, 0.3) is 5.56 Å². The minimum atomic E-state index is -0.186. The molecule has 1 aliphatic rings. The molecule has 0 amide bonds. The zero-order valence-electron chi connectivity index (χ0n) is 19.5.